The minimum absolute atomic E-state index is 0.0250. The van der Waals surface area contributed by atoms with Gasteiger partial charge in [0.25, 0.3) is 0 Å². The van der Waals surface area contributed by atoms with E-state index < -0.39 is 11.6 Å². The summed E-state index contributed by atoms with van der Waals surface area (Å²) in [6.45, 7) is 2.89. The highest BCUT2D eigenvalue weighted by molar-refractivity contribution is 6.01. The molecule has 1 atom stereocenters. The third-order valence-electron chi connectivity index (χ3n) is 3.71. The summed E-state index contributed by atoms with van der Waals surface area (Å²) in [6, 6.07) is 16.2. The van der Waals surface area contributed by atoms with Crippen molar-refractivity contribution in [3.8, 4) is 0 Å². The van der Waals surface area contributed by atoms with E-state index in [0.717, 1.165) is 11.1 Å². The Labute approximate surface area is 135 Å². The van der Waals surface area contributed by atoms with Crippen LogP contribution in [-0.2, 0) is 4.79 Å². The van der Waals surface area contributed by atoms with Crippen molar-refractivity contribution in [2.24, 2.45) is 0 Å². The second kappa shape index (κ2) is 6.75. The van der Waals surface area contributed by atoms with Crippen LogP contribution >= 0.6 is 0 Å². The van der Waals surface area contributed by atoms with Crippen LogP contribution in [0.5, 0.6) is 0 Å². The highest BCUT2D eigenvalue weighted by Crippen LogP contribution is 2.28. The van der Waals surface area contributed by atoms with Crippen LogP contribution in [0.25, 0.3) is 0 Å². The van der Waals surface area contributed by atoms with Crippen molar-refractivity contribution in [2.45, 2.75) is 31.8 Å². The molecular formula is C19H20O4. The molecule has 0 aliphatic rings. The zero-order valence-electron chi connectivity index (χ0n) is 13.2. The Kier molecular flexibility index (Phi) is 4.96. The zero-order chi connectivity index (χ0) is 17.0. The molecule has 0 saturated heterocycles. The predicted molar refractivity (Wildman–Crippen MR) is 87.6 cm³/mol. The number of carbonyl (C=O) groups excluding carboxylic acids is 1. The second-order valence-electron chi connectivity index (χ2n) is 6.07. The van der Waals surface area contributed by atoms with Crippen LogP contribution in [-0.4, -0.2) is 27.6 Å². The van der Waals surface area contributed by atoms with Gasteiger partial charge in [0.05, 0.1) is 6.42 Å². The van der Waals surface area contributed by atoms with E-state index in [9.17, 15) is 14.7 Å². The number of Topliss-reactive ketones (excluding diaryl/α,β-unsaturated/α-hetero) is 1. The number of aliphatic hydroxyl groups is 1. The quantitative estimate of drug-likeness (QED) is 0.803. The smallest absolute Gasteiger partial charge is 0.304 e. The lowest BCUT2D eigenvalue weighted by atomic mass is 9.87. The van der Waals surface area contributed by atoms with Gasteiger partial charge < -0.3 is 10.2 Å². The van der Waals surface area contributed by atoms with Gasteiger partial charge in [-0.1, -0.05) is 54.6 Å². The molecule has 0 spiro atoms. The summed E-state index contributed by atoms with van der Waals surface area (Å²) < 4.78 is 0. The van der Waals surface area contributed by atoms with Gasteiger partial charge >= 0.3 is 5.97 Å². The summed E-state index contributed by atoms with van der Waals surface area (Å²) in [4.78, 5) is 23.2. The fraction of sp³-hybridized carbons (Fsp3) is 0.263. The Morgan fingerprint density at radius 3 is 1.96 bits per heavy atom. The molecule has 0 amide bonds. The molecule has 0 saturated carbocycles. The number of hydrogen-bond donors (Lipinski definition) is 2. The average Bonchev–Trinajstić information content (AvgIpc) is 2.52. The molecule has 0 aliphatic carbocycles. The van der Waals surface area contributed by atoms with Gasteiger partial charge in [0.2, 0.25) is 0 Å². The fourth-order valence-electron chi connectivity index (χ4n) is 2.51. The van der Waals surface area contributed by atoms with E-state index >= 15 is 0 Å². The highest BCUT2D eigenvalue weighted by Gasteiger charge is 2.25. The van der Waals surface area contributed by atoms with E-state index in [1.807, 2.05) is 30.3 Å². The molecule has 2 N–H and O–H groups in total. The second-order valence-corrected chi connectivity index (χ2v) is 6.07. The first-order chi connectivity index (χ1) is 10.8. The van der Waals surface area contributed by atoms with Crippen LogP contribution in [0.2, 0.25) is 0 Å². The molecule has 0 bridgehead atoms. The van der Waals surface area contributed by atoms with Gasteiger partial charge in [0.15, 0.2) is 5.78 Å². The molecule has 0 aromatic heterocycles. The molecule has 0 radical (unpaired) electrons. The van der Waals surface area contributed by atoms with Crippen molar-refractivity contribution in [2.75, 3.05) is 0 Å². The van der Waals surface area contributed by atoms with Crippen molar-refractivity contribution >= 4 is 11.8 Å². The molecule has 0 aliphatic heterocycles. The topological polar surface area (TPSA) is 74.6 Å². The maximum Gasteiger partial charge on any atom is 0.304 e. The molecule has 2 aromatic rings. The number of ketones is 1. The summed E-state index contributed by atoms with van der Waals surface area (Å²) in [7, 11) is 0. The molecular weight excluding hydrogens is 292 g/mol. The van der Waals surface area contributed by atoms with Crippen molar-refractivity contribution in [1.82, 2.24) is 0 Å². The Hall–Kier alpha value is -2.46. The number of benzene rings is 2. The van der Waals surface area contributed by atoms with Gasteiger partial charge in [0.1, 0.15) is 5.60 Å². The number of hydrogen-bond acceptors (Lipinski definition) is 3. The average molecular weight is 312 g/mol. The van der Waals surface area contributed by atoms with Gasteiger partial charge in [0, 0.05) is 11.5 Å². The van der Waals surface area contributed by atoms with Crippen LogP contribution < -0.4 is 0 Å². The van der Waals surface area contributed by atoms with Gasteiger partial charge in [-0.15, -0.1) is 0 Å². The molecule has 1 unspecified atom stereocenters. The van der Waals surface area contributed by atoms with E-state index in [-0.39, 0.29) is 18.1 Å². The summed E-state index contributed by atoms with van der Waals surface area (Å²) in [5.74, 6) is -1.52. The third-order valence-corrected chi connectivity index (χ3v) is 3.71. The van der Waals surface area contributed by atoms with E-state index in [0.29, 0.717) is 5.56 Å². The summed E-state index contributed by atoms with van der Waals surface area (Å²) in [5, 5.41) is 19.0. The number of rotatable bonds is 6. The van der Waals surface area contributed by atoms with E-state index in [2.05, 4.69) is 0 Å². The van der Waals surface area contributed by atoms with Crippen LogP contribution in [0, 0.1) is 0 Å². The number of carboxylic acid groups (broad SMARTS) is 1. The summed E-state index contributed by atoms with van der Waals surface area (Å²) in [5.41, 5.74) is 0.715. The lowest BCUT2D eigenvalue weighted by Crippen LogP contribution is -2.31. The van der Waals surface area contributed by atoms with Crippen molar-refractivity contribution < 1.29 is 19.8 Å². The third kappa shape index (κ3) is 4.27. The first-order valence-corrected chi connectivity index (χ1v) is 7.43. The van der Waals surface area contributed by atoms with E-state index in [1.54, 1.807) is 24.3 Å². The summed E-state index contributed by atoms with van der Waals surface area (Å²) in [6.07, 6.45) is -0.0250. The van der Waals surface area contributed by atoms with Crippen LogP contribution in [0.3, 0.4) is 0 Å². The van der Waals surface area contributed by atoms with Gasteiger partial charge in [-0.25, -0.2) is 0 Å². The Balaban J connectivity index is 2.34. The molecule has 4 heteroatoms. The minimum Gasteiger partial charge on any atom is -0.481 e. The van der Waals surface area contributed by atoms with E-state index in [4.69, 9.17) is 5.11 Å². The molecule has 2 rings (SSSR count). The lowest BCUT2D eigenvalue weighted by Gasteiger charge is -2.18. The lowest BCUT2D eigenvalue weighted by molar-refractivity contribution is -0.137. The molecule has 2 aromatic carbocycles. The number of carboxylic acids is 1. The summed E-state index contributed by atoms with van der Waals surface area (Å²) >= 11 is 0. The van der Waals surface area contributed by atoms with Gasteiger partial charge in [-0.3, -0.25) is 9.59 Å². The Morgan fingerprint density at radius 2 is 1.48 bits per heavy atom. The molecule has 120 valence electrons. The molecule has 0 heterocycles. The Morgan fingerprint density at radius 1 is 0.957 bits per heavy atom. The normalized spacial score (nSPS) is 12.7. The van der Waals surface area contributed by atoms with E-state index in [1.165, 1.54) is 13.8 Å². The van der Waals surface area contributed by atoms with Gasteiger partial charge in [-0.2, -0.15) is 0 Å². The number of aliphatic carboxylic acids is 1. The van der Waals surface area contributed by atoms with Crippen molar-refractivity contribution in [1.29, 1.82) is 0 Å². The van der Waals surface area contributed by atoms with Crippen LogP contribution in [0.15, 0.2) is 54.6 Å². The SMILES string of the molecule is CC(C)(O)C(=O)c1ccc(C(CC(=O)O)c2ccccc2)cc1. The van der Waals surface area contributed by atoms with Crippen LogP contribution in [0.1, 0.15) is 47.7 Å². The molecule has 4 nitrogen and oxygen atoms in total. The standard InChI is InChI=1S/C19H20O4/c1-19(2,23)18(22)15-10-8-14(9-11-15)16(12-17(20)21)13-6-4-3-5-7-13/h3-11,16,23H,12H2,1-2H3,(H,20,21). The zero-order valence-corrected chi connectivity index (χ0v) is 13.2. The van der Waals surface area contributed by atoms with Crippen molar-refractivity contribution in [3.63, 3.8) is 0 Å². The maximum atomic E-state index is 12.1. The monoisotopic (exact) mass is 312 g/mol. The van der Waals surface area contributed by atoms with Crippen molar-refractivity contribution in [3.05, 3.63) is 71.3 Å². The maximum absolute atomic E-state index is 12.1. The molecule has 23 heavy (non-hydrogen) atoms. The first kappa shape index (κ1) is 16.9. The highest BCUT2D eigenvalue weighted by atomic mass is 16.4. The molecule has 0 fully saturated rings. The van der Waals surface area contributed by atoms with Crippen LogP contribution in [0.4, 0.5) is 0 Å². The van der Waals surface area contributed by atoms with Gasteiger partial charge in [-0.05, 0) is 25.0 Å². The largest absolute Gasteiger partial charge is 0.481 e. The first-order valence-electron chi connectivity index (χ1n) is 7.43. The number of carbonyl (C=O) groups is 2. The fourth-order valence-corrected chi connectivity index (χ4v) is 2.51. The predicted octanol–water partition coefficient (Wildman–Crippen LogP) is 3.25. The Bertz CT molecular complexity index is 682. The minimum atomic E-state index is -1.43.